The lowest BCUT2D eigenvalue weighted by Crippen LogP contribution is -2.03. The first-order chi connectivity index (χ1) is 10.1. The normalized spacial score (nSPS) is 11.0. The van der Waals surface area contributed by atoms with Crippen LogP contribution in [0.3, 0.4) is 0 Å². The van der Waals surface area contributed by atoms with E-state index in [1.54, 1.807) is 17.8 Å². The summed E-state index contributed by atoms with van der Waals surface area (Å²) in [6.45, 7) is 0.366. The van der Waals surface area contributed by atoms with E-state index in [0.29, 0.717) is 28.2 Å². The average molecular weight is 352 g/mol. The molecular formula is C13H11BrFN5O. The van der Waals surface area contributed by atoms with Crippen molar-refractivity contribution in [2.75, 3.05) is 5.32 Å². The number of nitrogens with zero attached hydrogens (tertiary/aromatic N) is 4. The van der Waals surface area contributed by atoms with Gasteiger partial charge >= 0.3 is 0 Å². The Hall–Kier alpha value is -2.22. The molecule has 6 nitrogen and oxygen atoms in total. The van der Waals surface area contributed by atoms with Gasteiger partial charge in [-0.05, 0) is 33.6 Å². The van der Waals surface area contributed by atoms with Gasteiger partial charge in [-0.2, -0.15) is 5.10 Å². The number of phenolic OH excluding ortho intramolecular Hbond substituents is 1. The van der Waals surface area contributed by atoms with Crippen LogP contribution in [0.15, 0.2) is 29.1 Å². The molecule has 0 unspecified atom stereocenters. The summed E-state index contributed by atoms with van der Waals surface area (Å²) < 4.78 is 15.6. The molecule has 0 aliphatic carbocycles. The van der Waals surface area contributed by atoms with Gasteiger partial charge in [-0.25, -0.2) is 19.0 Å². The van der Waals surface area contributed by atoms with Crippen LogP contribution in [0.4, 0.5) is 10.2 Å². The van der Waals surface area contributed by atoms with Crippen molar-refractivity contribution in [3.63, 3.8) is 0 Å². The van der Waals surface area contributed by atoms with E-state index in [4.69, 9.17) is 0 Å². The number of hydrogen-bond acceptors (Lipinski definition) is 5. The van der Waals surface area contributed by atoms with Crippen LogP contribution < -0.4 is 5.32 Å². The number of nitrogens with one attached hydrogen (secondary N) is 1. The average Bonchev–Trinajstić information content (AvgIpc) is 2.76. The maximum Gasteiger partial charge on any atom is 0.165 e. The zero-order chi connectivity index (χ0) is 15.0. The molecule has 3 rings (SSSR count). The number of halogens is 2. The van der Waals surface area contributed by atoms with Crippen molar-refractivity contribution in [3.05, 3.63) is 40.5 Å². The lowest BCUT2D eigenvalue weighted by atomic mass is 10.2. The molecule has 0 saturated carbocycles. The second kappa shape index (κ2) is 5.28. The van der Waals surface area contributed by atoms with E-state index in [1.165, 1.54) is 18.5 Å². The summed E-state index contributed by atoms with van der Waals surface area (Å²) in [4.78, 5) is 8.36. The van der Waals surface area contributed by atoms with E-state index in [1.807, 2.05) is 0 Å². The smallest absolute Gasteiger partial charge is 0.165 e. The van der Waals surface area contributed by atoms with Crippen LogP contribution in [0.5, 0.6) is 5.75 Å². The quantitative estimate of drug-likeness (QED) is 0.758. The molecule has 2 heterocycles. The zero-order valence-corrected chi connectivity index (χ0v) is 12.6. The van der Waals surface area contributed by atoms with Crippen molar-refractivity contribution < 1.29 is 9.50 Å². The van der Waals surface area contributed by atoms with Crippen LogP contribution in [0.2, 0.25) is 0 Å². The first-order valence-electron chi connectivity index (χ1n) is 6.10. The largest absolute Gasteiger partial charge is 0.505 e. The molecule has 0 saturated heterocycles. The van der Waals surface area contributed by atoms with E-state index in [-0.39, 0.29) is 5.75 Å². The Bertz CT molecular complexity index is 820. The van der Waals surface area contributed by atoms with E-state index < -0.39 is 5.82 Å². The molecule has 2 N–H and O–H groups in total. The third-order valence-corrected chi connectivity index (χ3v) is 3.61. The number of fused-ring (bicyclic) bond motifs is 1. The van der Waals surface area contributed by atoms with Crippen LogP contribution in [0.25, 0.3) is 11.0 Å². The molecule has 3 aromatic rings. The zero-order valence-electron chi connectivity index (χ0n) is 11.0. The van der Waals surface area contributed by atoms with Gasteiger partial charge in [0.2, 0.25) is 0 Å². The molecule has 0 aliphatic rings. The summed E-state index contributed by atoms with van der Waals surface area (Å²) in [5, 5.41) is 17.3. The van der Waals surface area contributed by atoms with E-state index >= 15 is 0 Å². The highest BCUT2D eigenvalue weighted by Crippen LogP contribution is 2.27. The number of anilines is 1. The molecule has 0 aliphatic heterocycles. The third-order valence-electron chi connectivity index (χ3n) is 3.05. The number of rotatable bonds is 3. The molecule has 0 fully saturated rings. The predicted molar refractivity (Wildman–Crippen MR) is 79.4 cm³/mol. The van der Waals surface area contributed by atoms with Crippen LogP contribution >= 0.6 is 15.9 Å². The molecule has 0 bridgehead atoms. The molecule has 1 aromatic carbocycles. The second-order valence-electron chi connectivity index (χ2n) is 4.47. The number of benzene rings is 1. The minimum absolute atomic E-state index is 0.363. The Labute approximate surface area is 127 Å². The lowest BCUT2D eigenvalue weighted by Gasteiger charge is -2.07. The molecule has 8 heteroatoms. The summed E-state index contributed by atoms with van der Waals surface area (Å²) >= 11 is 3.37. The Morgan fingerprint density at radius 1 is 1.38 bits per heavy atom. The molecule has 0 spiro atoms. The van der Waals surface area contributed by atoms with Crippen LogP contribution in [0, 0.1) is 5.82 Å². The molecule has 0 radical (unpaired) electrons. The second-order valence-corrected chi connectivity index (χ2v) is 5.23. The van der Waals surface area contributed by atoms with Gasteiger partial charge in [0, 0.05) is 13.6 Å². The van der Waals surface area contributed by atoms with Crippen molar-refractivity contribution in [1.29, 1.82) is 0 Å². The van der Waals surface area contributed by atoms with Gasteiger partial charge in [0.05, 0.1) is 5.39 Å². The summed E-state index contributed by atoms with van der Waals surface area (Å²) in [6.07, 6.45) is 1.44. The third kappa shape index (κ3) is 2.54. The van der Waals surface area contributed by atoms with Crippen molar-refractivity contribution in [2.45, 2.75) is 6.54 Å². The fourth-order valence-electron chi connectivity index (χ4n) is 2.02. The highest BCUT2D eigenvalue weighted by Gasteiger charge is 2.13. The van der Waals surface area contributed by atoms with Crippen molar-refractivity contribution in [3.8, 4) is 5.75 Å². The maximum atomic E-state index is 13.3. The van der Waals surface area contributed by atoms with Gasteiger partial charge in [0.25, 0.3) is 0 Å². The van der Waals surface area contributed by atoms with E-state index in [0.717, 1.165) is 5.39 Å². The van der Waals surface area contributed by atoms with Gasteiger partial charge < -0.3 is 10.4 Å². The van der Waals surface area contributed by atoms with Gasteiger partial charge in [0.1, 0.15) is 16.7 Å². The van der Waals surface area contributed by atoms with Crippen LogP contribution in [0.1, 0.15) is 5.56 Å². The standard InChI is InChI=1S/C13H11BrFN5O/c1-20-13-10(11(14)19-20)12(17-6-18-13)16-5-7-2-3-9(21)8(15)4-7/h2-4,6,21H,5H2,1H3,(H,16,17,18). The summed E-state index contributed by atoms with van der Waals surface area (Å²) in [6, 6.07) is 4.24. The van der Waals surface area contributed by atoms with Gasteiger partial charge in [0.15, 0.2) is 17.2 Å². The maximum absolute atomic E-state index is 13.3. The number of aryl methyl sites for hydroxylation is 1. The van der Waals surface area contributed by atoms with Gasteiger partial charge in [-0.15, -0.1) is 0 Å². The van der Waals surface area contributed by atoms with Gasteiger partial charge in [-0.3, -0.25) is 0 Å². The first-order valence-corrected chi connectivity index (χ1v) is 6.90. The monoisotopic (exact) mass is 351 g/mol. The highest BCUT2D eigenvalue weighted by molar-refractivity contribution is 9.10. The minimum Gasteiger partial charge on any atom is -0.505 e. The van der Waals surface area contributed by atoms with Crippen molar-refractivity contribution in [2.24, 2.45) is 7.05 Å². The summed E-state index contributed by atoms with van der Waals surface area (Å²) in [5.74, 6) is -0.406. The predicted octanol–water partition coefficient (Wildman–Crippen LogP) is 2.58. The Balaban J connectivity index is 1.90. The fourth-order valence-corrected chi connectivity index (χ4v) is 2.62. The fraction of sp³-hybridized carbons (Fsp3) is 0.154. The summed E-state index contributed by atoms with van der Waals surface area (Å²) in [5.41, 5.74) is 1.38. The molecule has 21 heavy (non-hydrogen) atoms. The van der Waals surface area contributed by atoms with Crippen molar-refractivity contribution in [1.82, 2.24) is 19.7 Å². The molecule has 0 amide bonds. The summed E-state index contributed by atoms with van der Waals surface area (Å²) in [7, 11) is 1.79. The lowest BCUT2D eigenvalue weighted by molar-refractivity contribution is 0.432. The van der Waals surface area contributed by atoms with Crippen molar-refractivity contribution >= 4 is 32.8 Å². The number of hydrogen-bond donors (Lipinski definition) is 2. The number of phenols is 1. The molecular weight excluding hydrogens is 341 g/mol. The molecule has 0 atom stereocenters. The topological polar surface area (TPSA) is 75.9 Å². The van der Waals surface area contributed by atoms with Gasteiger partial charge in [-0.1, -0.05) is 6.07 Å². The number of aromatic nitrogens is 4. The van der Waals surface area contributed by atoms with E-state index in [2.05, 4.69) is 36.3 Å². The van der Waals surface area contributed by atoms with Crippen LogP contribution in [-0.2, 0) is 13.6 Å². The Morgan fingerprint density at radius 3 is 2.95 bits per heavy atom. The highest BCUT2D eigenvalue weighted by atomic mass is 79.9. The Kier molecular flexibility index (Phi) is 3.46. The number of aromatic hydroxyl groups is 1. The molecule has 108 valence electrons. The van der Waals surface area contributed by atoms with E-state index in [9.17, 15) is 9.50 Å². The first kappa shape index (κ1) is 13.7. The molecule has 2 aromatic heterocycles. The van der Waals surface area contributed by atoms with Crippen LogP contribution in [-0.4, -0.2) is 24.9 Å². The SMILES string of the molecule is Cn1nc(Br)c2c(NCc3ccc(O)c(F)c3)ncnc21. The Morgan fingerprint density at radius 2 is 2.19 bits per heavy atom. The minimum atomic E-state index is -0.648.